The molecule has 6 heteroatoms. The van der Waals surface area contributed by atoms with Crippen molar-refractivity contribution in [2.24, 2.45) is 0 Å². The van der Waals surface area contributed by atoms with Gasteiger partial charge in [-0.1, -0.05) is 25.1 Å². The third kappa shape index (κ3) is 6.27. The van der Waals surface area contributed by atoms with Crippen LogP contribution in [0.3, 0.4) is 0 Å². The highest BCUT2D eigenvalue weighted by atomic mass is 16.4. The zero-order chi connectivity index (χ0) is 18.1. The molecule has 6 nitrogen and oxygen atoms in total. The second-order valence-electron chi connectivity index (χ2n) is 5.67. The summed E-state index contributed by atoms with van der Waals surface area (Å²) >= 11 is 0. The Bertz CT molecular complexity index is 687. The number of carbonyl (C=O) groups excluding carboxylic acids is 1. The molecule has 0 heterocycles. The molecule has 0 bridgehead atoms. The Kier molecular flexibility index (Phi) is 6.98. The fraction of sp³-hybridized carbons (Fsp3) is 0.263. The summed E-state index contributed by atoms with van der Waals surface area (Å²) in [6.07, 6.45) is 0.695. The minimum atomic E-state index is -1.02. The van der Waals surface area contributed by atoms with Crippen LogP contribution >= 0.6 is 0 Å². The lowest BCUT2D eigenvalue weighted by molar-refractivity contribution is -0.141. The lowest BCUT2D eigenvalue weighted by atomic mass is 10.2. The first-order valence-corrected chi connectivity index (χ1v) is 8.26. The third-order valence-corrected chi connectivity index (χ3v) is 3.56. The Hall–Kier alpha value is -2.86. The molecule has 0 spiro atoms. The number of hydrogen-bond donors (Lipinski definition) is 4. The van der Waals surface area contributed by atoms with Crippen molar-refractivity contribution in [3.05, 3.63) is 54.6 Å². The monoisotopic (exact) mass is 341 g/mol. The maximum Gasteiger partial charge on any atom is 0.321 e. The number of nitrogens with one attached hydrogen (secondary N) is 3. The average molecular weight is 341 g/mol. The lowest BCUT2D eigenvalue weighted by Crippen LogP contribution is -2.40. The van der Waals surface area contributed by atoms with Gasteiger partial charge in [0.2, 0.25) is 5.91 Å². The van der Waals surface area contributed by atoms with Gasteiger partial charge in [-0.3, -0.25) is 9.59 Å². The smallest absolute Gasteiger partial charge is 0.321 e. The third-order valence-electron chi connectivity index (χ3n) is 3.56. The van der Waals surface area contributed by atoms with Gasteiger partial charge >= 0.3 is 5.97 Å². The number of amides is 1. The van der Waals surface area contributed by atoms with Crippen LogP contribution in [0.2, 0.25) is 0 Å². The van der Waals surface area contributed by atoms with E-state index in [0.29, 0.717) is 12.2 Å². The van der Waals surface area contributed by atoms with Crippen LogP contribution < -0.4 is 16.0 Å². The van der Waals surface area contributed by atoms with E-state index in [2.05, 4.69) is 16.0 Å². The van der Waals surface area contributed by atoms with E-state index in [0.717, 1.165) is 17.8 Å². The van der Waals surface area contributed by atoms with Gasteiger partial charge in [0.1, 0.15) is 6.04 Å². The number of carboxylic acids is 1. The van der Waals surface area contributed by atoms with Crippen molar-refractivity contribution in [3.63, 3.8) is 0 Å². The molecule has 25 heavy (non-hydrogen) atoms. The number of para-hydroxylation sites is 1. The normalized spacial score (nSPS) is 11.6. The molecular weight excluding hydrogens is 318 g/mol. The first-order valence-electron chi connectivity index (χ1n) is 8.26. The van der Waals surface area contributed by atoms with Gasteiger partial charge in [-0.2, -0.15) is 0 Å². The highest BCUT2D eigenvalue weighted by Crippen LogP contribution is 2.18. The van der Waals surface area contributed by atoms with Gasteiger partial charge in [0.25, 0.3) is 0 Å². The van der Waals surface area contributed by atoms with Crippen LogP contribution in [0.25, 0.3) is 0 Å². The molecule has 2 rings (SSSR count). The molecule has 0 aliphatic rings. The van der Waals surface area contributed by atoms with E-state index in [1.165, 1.54) is 0 Å². The number of hydrogen-bond acceptors (Lipinski definition) is 4. The van der Waals surface area contributed by atoms with E-state index in [1.807, 2.05) is 49.4 Å². The number of aliphatic carboxylic acids is 1. The van der Waals surface area contributed by atoms with Crippen molar-refractivity contribution in [2.75, 3.05) is 17.2 Å². The molecule has 0 saturated heterocycles. The van der Waals surface area contributed by atoms with E-state index in [1.54, 1.807) is 12.1 Å². The zero-order valence-corrected chi connectivity index (χ0v) is 14.2. The molecule has 4 N–H and O–H groups in total. The number of carboxylic acid groups (broad SMARTS) is 1. The summed E-state index contributed by atoms with van der Waals surface area (Å²) in [5, 5.41) is 18.0. The maximum atomic E-state index is 12.0. The van der Waals surface area contributed by atoms with Crippen LogP contribution in [-0.4, -0.2) is 29.6 Å². The highest BCUT2D eigenvalue weighted by Gasteiger charge is 2.20. The maximum absolute atomic E-state index is 12.0. The number of anilines is 3. The molecule has 0 saturated carbocycles. The summed E-state index contributed by atoms with van der Waals surface area (Å²) in [7, 11) is 0. The van der Waals surface area contributed by atoms with Crippen molar-refractivity contribution in [1.29, 1.82) is 0 Å². The predicted octanol–water partition coefficient (Wildman–Crippen LogP) is 3.21. The zero-order valence-electron chi connectivity index (χ0n) is 14.2. The summed E-state index contributed by atoms with van der Waals surface area (Å²) in [5.74, 6) is -1.36. The molecule has 0 aliphatic heterocycles. The van der Waals surface area contributed by atoms with Gasteiger partial charge < -0.3 is 21.1 Å². The first kappa shape index (κ1) is 18.5. The summed E-state index contributed by atoms with van der Waals surface area (Å²) in [4.78, 5) is 23.2. The summed E-state index contributed by atoms with van der Waals surface area (Å²) < 4.78 is 0. The van der Waals surface area contributed by atoms with Gasteiger partial charge in [0.05, 0.1) is 6.42 Å². The van der Waals surface area contributed by atoms with Gasteiger partial charge in [0.15, 0.2) is 0 Å². The van der Waals surface area contributed by atoms with E-state index >= 15 is 0 Å². The molecule has 1 amide bonds. The van der Waals surface area contributed by atoms with Crippen LogP contribution in [0, 0.1) is 0 Å². The first-order chi connectivity index (χ1) is 12.1. The van der Waals surface area contributed by atoms with Crippen molar-refractivity contribution in [2.45, 2.75) is 25.8 Å². The molecule has 0 fully saturated rings. The Morgan fingerprint density at radius 2 is 1.56 bits per heavy atom. The topological polar surface area (TPSA) is 90.5 Å². The lowest BCUT2D eigenvalue weighted by Gasteiger charge is -2.14. The second-order valence-corrected chi connectivity index (χ2v) is 5.67. The van der Waals surface area contributed by atoms with Crippen LogP contribution in [0.4, 0.5) is 17.1 Å². The quantitative estimate of drug-likeness (QED) is 0.562. The number of rotatable bonds is 9. The second kappa shape index (κ2) is 9.44. The highest BCUT2D eigenvalue weighted by molar-refractivity contribution is 5.94. The average Bonchev–Trinajstić information content (AvgIpc) is 2.61. The summed E-state index contributed by atoms with van der Waals surface area (Å²) in [6.45, 7) is 2.50. The molecule has 1 atom stereocenters. The number of carbonyl (C=O) groups is 2. The molecule has 0 aliphatic carbocycles. The molecular formula is C19H23N3O3. The van der Waals surface area contributed by atoms with E-state index in [9.17, 15) is 9.59 Å². The van der Waals surface area contributed by atoms with Crippen molar-refractivity contribution >= 4 is 28.9 Å². The molecule has 2 aromatic rings. The number of benzene rings is 2. The van der Waals surface area contributed by atoms with Gasteiger partial charge in [0, 0.05) is 17.1 Å². The van der Waals surface area contributed by atoms with Crippen LogP contribution in [0.1, 0.15) is 19.8 Å². The van der Waals surface area contributed by atoms with E-state index in [-0.39, 0.29) is 12.3 Å². The molecule has 1 unspecified atom stereocenters. The van der Waals surface area contributed by atoms with Crippen LogP contribution in [0.15, 0.2) is 54.6 Å². The largest absolute Gasteiger partial charge is 0.480 e. The standard InChI is InChI=1S/C19H23N3O3/c1-2-12-20-17(19(24)25)13-18(23)22-16-10-8-15(9-11-16)21-14-6-4-3-5-7-14/h3-11,17,20-21H,2,12-13H2,1H3,(H,22,23)(H,24,25). The molecule has 132 valence electrons. The fourth-order valence-electron chi connectivity index (χ4n) is 2.29. The van der Waals surface area contributed by atoms with Crippen molar-refractivity contribution in [1.82, 2.24) is 5.32 Å². The van der Waals surface area contributed by atoms with E-state index in [4.69, 9.17) is 5.11 Å². The SMILES string of the molecule is CCCNC(CC(=O)Nc1ccc(Nc2ccccc2)cc1)C(=O)O. The van der Waals surface area contributed by atoms with Crippen molar-refractivity contribution in [3.8, 4) is 0 Å². The summed E-state index contributed by atoms with van der Waals surface area (Å²) in [6, 6.07) is 16.2. The van der Waals surface area contributed by atoms with Gasteiger partial charge in [-0.15, -0.1) is 0 Å². The minimum absolute atomic E-state index is 0.112. The molecule has 0 radical (unpaired) electrons. The van der Waals surface area contributed by atoms with Crippen LogP contribution in [0.5, 0.6) is 0 Å². The molecule has 2 aromatic carbocycles. The summed E-state index contributed by atoms with van der Waals surface area (Å²) in [5.41, 5.74) is 2.51. The van der Waals surface area contributed by atoms with Gasteiger partial charge in [-0.05, 0) is 49.4 Å². The fourth-order valence-corrected chi connectivity index (χ4v) is 2.29. The molecule has 0 aromatic heterocycles. The van der Waals surface area contributed by atoms with Crippen molar-refractivity contribution < 1.29 is 14.7 Å². The Morgan fingerprint density at radius 3 is 2.16 bits per heavy atom. The van der Waals surface area contributed by atoms with Crippen LogP contribution in [-0.2, 0) is 9.59 Å². The Morgan fingerprint density at radius 1 is 0.960 bits per heavy atom. The van der Waals surface area contributed by atoms with E-state index < -0.39 is 12.0 Å². The minimum Gasteiger partial charge on any atom is -0.480 e. The van der Waals surface area contributed by atoms with Gasteiger partial charge in [-0.25, -0.2) is 0 Å². The Balaban J connectivity index is 1.89. The Labute approximate surface area is 147 Å². The predicted molar refractivity (Wildman–Crippen MR) is 99.1 cm³/mol.